The summed E-state index contributed by atoms with van der Waals surface area (Å²) in [6.45, 7) is 1.36. The molecule has 2 atom stereocenters. The molecular weight excluding hydrogens is 451 g/mol. The lowest BCUT2D eigenvalue weighted by Crippen LogP contribution is -2.35. The molecule has 0 aromatic carbocycles. The second-order valence-corrected chi connectivity index (χ2v) is 8.57. The summed E-state index contributed by atoms with van der Waals surface area (Å²) in [5.41, 5.74) is -0.0723. The van der Waals surface area contributed by atoms with Crippen LogP contribution in [0.5, 0.6) is 5.75 Å². The Balaban J connectivity index is 1.49. The summed E-state index contributed by atoms with van der Waals surface area (Å²) in [5, 5.41) is 12.2. The highest BCUT2D eigenvalue weighted by atomic mass is 35.5. The molecule has 2 fully saturated rings. The van der Waals surface area contributed by atoms with Crippen molar-refractivity contribution in [2.75, 3.05) is 23.3 Å². The number of rotatable bonds is 5. The molecule has 2 unspecified atom stereocenters. The van der Waals surface area contributed by atoms with Crippen LogP contribution in [0.2, 0.25) is 5.28 Å². The molecule has 32 heavy (non-hydrogen) atoms. The minimum absolute atomic E-state index is 0.0271. The average Bonchev–Trinajstić information content (AvgIpc) is 3.09. The van der Waals surface area contributed by atoms with Gasteiger partial charge in [0.2, 0.25) is 5.28 Å². The number of aliphatic carboxylic acids is 1. The topological polar surface area (TPSA) is 100 Å². The van der Waals surface area contributed by atoms with Crippen molar-refractivity contribution in [3.8, 4) is 5.75 Å². The smallest absolute Gasteiger partial charge is 0.481 e. The van der Waals surface area contributed by atoms with Crippen LogP contribution in [0.25, 0.3) is 0 Å². The number of pyridine rings is 1. The first kappa shape index (κ1) is 22.4. The Bertz CT molecular complexity index is 1010. The zero-order valence-electron chi connectivity index (χ0n) is 16.9. The van der Waals surface area contributed by atoms with Gasteiger partial charge in [-0.2, -0.15) is 0 Å². The van der Waals surface area contributed by atoms with Crippen molar-refractivity contribution in [1.29, 1.82) is 0 Å². The van der Waals surface area contributed by atoms with Crippen LogP contribution in [0, 0.1) is 11.3 Å². The van der Waals surface area contributed by atoms with Crippen molar-refractivity contribution in [2.45, 2.75) is 38.5 Å². The van der Waals surface area contributed by atoms with Crippen LogP contribution in [-0.2, 0) is 4.79 Å². The predicted molar refractivity (Wildman–Crippen MR) is 110 cm³/mol. The van der Waals surface area contributed by atoms with Gasteiger partial charge >= 0.3 is 12.3 Å². The molecule has 0 amide bonds. The largest absolute Gasteiger partial charge is 0.573 e. The number of nitrogens with one attached hydrogen (secondary N) is 1. The standard InChI is InChI=1S/C20H21ClF3N5O3/c21-18-27-15(26-14-8-13(3-6-25-14)32-20(22,23)24)9-16(28-18)29-7-5-19(11-29)4-1-2-12(10-19)17(30)31/h3,6,8-9,12H,1-2,4-5,7,10-11H2,(H,30,31)(H,25,26,27,28). The quantitative estimate of drug-likeness (QED) is 0.608. The monoisotopic (exact) mass is 471 g/mol. The molecular formula is C20H21ClF3N5O3. The van der Waals surface area contributed by atoms with Gasteiger partial charge in [-0.05, 0) is 48.8 Å². The molecule has 2 aromatic rings. The van der Waals surface area contributed by atoms with E-state index >= 15 is 0 Å². The minimum atomic E-state index is -4.81. The van der Waals surface area contributed by atoms with Gasteiger partial charge in [-0.1, -0.05) is 6.42 Å². The second-order valence-electron chi connectivity index (χ2n) is 8.23. The molecule has 3 heterocycles. The summed E-state index contributed by atoms with van der Waals surface area (Å²) >= 11 is 6.09. The van der Waals surface area contributed by atoms with Crippen LogP contribution >= 0.6 is 11.6 Å². The number of aromatic nitrogens is 3. The number of carboxylic acid groups (broad SMARTS) is 1. The van der Waals surface area contributed by atoms with Crippen molar-refractivity contribution < 1.29 is 27.8 Å². The molecule has 1 saturated carbocycles. The Hall–Kier alpha value is -2.82. The SMILES string of the molecule is O=C(O)C1CCCC2(CCN(c3cc(Nc4cc(OC(F)(F)F)ccn4)nc(Cl)n3)C2)C1. The molecule has 4 rings (SSSR count). The molecule has 172 valence electrons. The first-order valence-electron chi connectivity index (χ1n) is 10.1. The number of carbonyl (C=O) groups is 1. The molecule has 0 bridgehead atoms. The van der Waals surface area contributed by atoms with Crippen molar-refractivity contribution in [3.05, 3.63) is 29.7 Å². The van der Waals surface area contributed by atoms with Gasteiger partial charge in [0.15, 0.2) is 0 Å². The summed E-state index contributed by atoms with van der Waals surface area (Å²) < 4.78 is 41.3. The van der Waals surface area contributed by atoms with Crippen LogP contribution in [0.1, 0.15) is 32.1 Å². The van der Waals surface area contributed by atoms with E-state index in [4.69, 9.17) is 11.6 Å². The molecule has 12 heteroatoms. The first-order chi connectivity index (χ1) is 15.1. The van der Waals surface area contributed by atoms with Crippen LogP contribution in [0.15, 0.2) is 24.4 Å². The van der Waals surface area contributed by atoms with Crippen molar-refractivity contribution in [3.63, 3.8) is 0 Å². The molecule has 1 aliphatic heterocycles. The Kier molecular flexibility index (Phi) is 6.02. The fourth-order valence-electron chi connectivity index (χ4n) is 4.60. The zero-order valence-corrected chi connectivity index (χ0v) is 17.7. The van der Waals surface area contributed by atoms with Gasteiger partial charge in [-0.15, -0.1) is 13.2 Å². The van der Waals surface area contributed by atoms with Crippen LogP contribution in [0.4, 0.5) is 30.6 Å². The van der Waals surface area contributed by atoms with Crippen molar-refractivity contribution in [1.82, 2.24) is 15.0 Å². The number of alkyl halides is 3. The van der Waals surface area contributed by atoms with E-state index in [1.807, 2.05) is 4.90 Å². The van der Waals surface area contributed by atoms with Gasteiger partial charge in [0.1, 0.15) is 23.2 Å². The number of halogens is 4. The lowest BCUT2D eigenvalue weighted by molar-refractivity contribution is -0.274. The Morgan fingerprint density at radius 2 is 2.09 bits per heavy atom. The normalized spacial score (nSPS) is 23.4. The maximum Gasteiger partial charge on any atom is 0.573 e. The molecule has 2 aromatic heterocycles. The average molecular weight is 472 g/mol. The number of hydrogen-bond donors (Lipinski definition) is 2. The van der Waals surface area contributed by atoms with Gasteiger partial charge in [-0.3, -0.25) is 4.79 Å². The van der Waals surface area contributed by atoms with E-state index in [0.29, 0.717) is 31.7 Å². The number of nitrogens with zero attached hydrogens (tertiary/aromatic N) is 4. The van der Waals surface area contributed by atoms with Gasteiger partial charge in [0, 0.05) is 31.4 Å². The summed E-state index contributed by atoms with van der Waals surface area (Å²) in [5.74, 6) is -0.561. The molecule has 1 aliphatic carbocycles. The van der Waals surface area contributed by atoms with E-state index in [9.17, 15) is 23.1 Å². The predicted octanol–water partition coefficient (Wildman–Crippen LogP) is 4.64. The Morgan fingerprint density at radius 1 is 1.28 bits per heavy atom. The molecule has 1 saturated heterocycles. The lowest BCUT2D eigenvalue weighted by Gasteiger charge is -2.36. The number of ether oxygens (including phenoxy) is 1. The third-order valence-corrected chi connectivity index (χ3v) is 6.13. The number of carboxylic acids is 1. The van der Waals surface area contributed by atoms with Crippen LogP contribution < -0.4 is 15.0 Å². The lowest BCUT2D eigenvalue weighted by atomic mass is 9.69. The molecule has 0 radical (unpaired) electrons. The molecule has 8 nitrogen and oxygen atoms in total. The van der Waals surface area contributed by atoms with E-state index in [1.54, 1.807) is 6.07 Å². The fourth-order valence-corrected chi connectivity index (χ4v) is 4.78. The highest BCUT2D eigenvalue weighted by Gasteiger charge is 2.44. The van der Waals surface area contributed by atoms with Gasteiger partial charge in [-0.25, -0.2) is 15.0 Å². The van der Waals surface area contributed by atoms with Gasteiger partial charge < -0.3 is 20.1 Å². The first-order valence-corrected chi connectivity index (χ1v) is 10.5. The van der Waals surface area contributed by atoms with Crippen molar-refractivity contribution >= 4 is 35.0 Å². The van der Waals surface area contributed by atoms with E-state index in [1.165, 1.54) is 6.20 Å². The molecule has 2 N–H and O–H groups in total. The van der Waals surface area contributed by atoms with Crippen LogP contribution in [-0.4, -0.2) is 45.5 Å². The van der Waals surface area contributed by atoms with E-state index in [-0.39, 0.29) is 28.3 Å². The highest BCUT2D eigenvalue weighted by molar-refractivity contribution is 6.28. The fraction of sp³-hybridized carbons (Fsp3) is 0.500. The van der Waals surface area contributed by atoms with E-state index < -0.39 is 18.1 Å². The summed E-state index contributed by atoms with van der Waals surface area (Å²) in [7, 11) is 0. The van der Waals surface area contributed by atoms with E-state index in [2.05, 4.69) is 25.0 Å². The van der Waals surface area contributed by atoms with Crippen molar-refractivity contribution in [2.24, 2.45) is 11.3 Å². The maximum atomic E-state index is 12.5. The Labute approximate surface area is 186 Å². The Morgan fingerprint density at radius 3 is 2.84 bits per heavy atom. The highest BCUT2D eigenvalue weighted by Crippen LogP contribution is 2.47. The number of anilines is 3. The van der Waals surface area contributed by atoms with E-state index in [0.717, 1.165) is 31.4 Å². The zero-order chi connectivity index (χ0) is 22.9. The summed E-state index contributed by atoms with van der Waals surface area (Å²) in [6.07, 6.45) is 0.415. The maximum absolute atomic E-state index is 12.5. The van der Waals surface area contributed by atoms with Gasteiger partial charge in [0.05, 0.1) is 5.92 Å². The summed E-state index contributed by atoms with van der Waals surface area (Å²) in [6, 6.07) is 3.83. The number of hydrogen-bond acceptors (Lipinski definition) is 7. The third kappa shape index (κ3) is 5.32. The minimum Gasteiger partial charge on any atom is -0.481 e. The second kappa shape index (κ2) is 8.61. The third-order valence-electron chi connectivity index (χ3n) is 5.96. The molecule has 2 aliphatic rings. The van der Waals surface area contributed by atoms with Crippen LogP contribution in [0.3, 0.4) is 0 Å². The summed E-state index contributed by atoms with van der Waals surface area (Å²) in [4.78, 5) is 25.9. The molecule has 1 spiro atoms. The van der Waals surface area contributed by atoms with Gasteiger partial charge in [0.25, 0.3) is 0 Å².